The minimum atomic E-state index is -0.464. The summed E-state index contributed by atoms with van der Waals surface area (Å²) in [6.45, 7) is 0.410. The molecule has 1 aliphatic carbocycles. The maximum Gasteiger partial charge on any atom is 0.257 e. The van der Waals surface area contributed by atoms with Gasteiger partial charge < -0.3 is 9.64 Å². The number of thiazole rings is 2. The van der Waals surface area contributed by atoms with Crippen LogP contribution in [0.25, 0.3) is 0 Å². The summed E-state index contributed by atoms with van der Waals surface area (Å²) in [5, 5.41) is 5.79. The Morgan fingerprint density at radius 2 is 2.16 bits per heavy atom. The molecule has 0 spiro atoms. The van der Waals surface area contributed by atoms with E-state index < -0.39 is 5.92 Å². The lowest BCUT2D eigenvalue weighted by Gasteiger charge is -2.24. The zero-order valence-corrected chi connectivity index (χ0v) is 18.6. The highest BCUT2D eigenvalue weighted by molar-refractivity contribution is 7.17. The number of methoxy groups -OCH3 is 1. The number of carbonyl (C=O) groups is 3. The van der Waals surface area contributed by atoms with Crippen LogP contribution in [-0.4, -0.2) is 46.6 Å². The molecule has 0 saturated heterocycles. The predicted molar refractivity (Wildman–Crippen MR) is 118 cm³/mol. The number of nitrogens with one attached hydrogen (secondary N) is 1. The molecule has 2 heterocycles. The smallest absolute Gasteiger partial charge is 0.257 e. The fourth-order valence-corrected chi connectivity index (χ4v) is 5.02. The summed E-state index contributed by atoms with van der Waals surface area (Å²) in [5.74, 6) is -0.461. The summed E-state index contributed by atoms with van der Waals surface area (Å²) in [4.78, 5) is 48.8. The van der Waals surface area contributed by atoms with E-state index in [1.165, 1.54) is 18.4 Å². The van der Waals surface area contributed by atoms with Crippen molar-refractivity contribution in [3.63, 3.8) is 0 Å². The van der Waals surface area contributed by atoms with Crippen LogP contribution in [0.2, 0.25) is 0 Å². The fourth-order valence-electron chi connectivity index (χ4n) is 3.42. The number of fused-ring (bicyclic) bond motifs is 1. The molecule has 3 aromatic rings. The SMILES string of the molecule is COc1cccc(C(=O)Nc2nc3c(s2)C(=O)CC(C(=O)N(C)Cc2nccs2)C3)c1. The first-order valence-corrected chi connectivity index (χ1v) is 11.3. The van der Waals surface area contributed by atoms with E-state index in [1.807, 2.05) is 5.38 Å². The molecule has 0 aliphatic heterocycles. The summed E-state index contributed by atoms with van der Waals surface area (Å²) >= 11 is 2.63. The average molecular weight is 457 g/mol. The van der Waals surface area contributed by atoms with Crippen LogP contribution in [-0.2, 0) is 17.8 Å². The largest absolute Gasteiger partial charge is 0.497 e. The van der Waals surface area contributed by atoms with Gasteiger partial charge in [-0.1, -0.05) is 17.4 Å². The van der Waals surface area contributed by atoms with Crippen molar-refractivity contribution in [3.8, 4) is 5.75 Å². The van der Waals surface area contributed by atoms with Crippen LogP contribution in [0.4, 0.5) is 5.13 Å². The van der Waals surface area contributed by atoms with Crippen molar-refractivity contribution in [1.29, 1.82) is 0 Å². The molecule has 1 unspecified atom stereocenters. The van der Waals surface area contributed by atoms with E-state index in [0.29, 0.717) is 40.0 Å². The first-order chi connectivity index (χ1) is 14.9. The van der Waals surface area contributed by atoms with Crippen molar-refractivity contribution in [2.24, 2.45) is 5.92 Å². The number of anilines is 1. The van der Waals surface area contributed by atoms with Gasteiger partial charge in [0.05, 0.1) is 30.1 Å². The van der Waals surface area contributed by atoms with Crippen molar-refractivity contribution < 1.29 is 19.1 Å². The lowest BCUT2D eigenvalue weighted by Crippen LogP contribution is -2.36. The second-order valence-corrected chi connectivity index (χ2v) is 9.11. The third-order valence-corrected chi connectivity index (χ3v) is 6.77. The van der Waals surface area contributed by atoms with Gasteiger partial charge in [-0.3, -0.25) is 19.7 Å². The Morgan fingerprint density at radius 3 is 2.90 bits per heavy atom. The molecule has 31 heavy (non-hydrogen) atoms. The number of ether oxygens (including phenoxy) is 1. The Balaban J connectivity index is 1.45. The topological polar surface area (TPSA) is 101 Å². The zero-order chi connectivity index (χ0) is 22.0. The van der Waals surface area contributed by atoms with Crippen LogP contribution in [0.15, 0.2) is 35.8 Å². The third-order valence-electron chi connectivity index (χ3n) is 4.96. The number of nitrogens with zero attached hydrogens (tertiary/aromatic N) is 3. The van der Waals surface area contributed by atoms with Gasteiger partial charge in [-0.25, -0.2) is 9.97 Å². The zero-order valence-electron chi connectivity index (χ0n) is 17.0. The summed E-state index contributed by atoms with van der Waals surface area (Å²) in [6, 6.07) is 6.77. The molecule has 2 amide bonds. The van der Waals surface area contributed by atoms with Gasteiger partial charge in [0.25, 0.3) is 5.91 Å². The average Bonchev–Trinajstić information content (AvgIpc) is 3.42. The number of benzene rings is 1. The van der Waals surface area contributed by atoms with Crippen molar-refractivity contribution in [2.45, 2.75) is 19.4 Å². The molecule has 8 nitrogen and oxygen atoms in total. The van der Waals surface area contributed by atoms with Gasteiger partial charge in [-0.2, -0.15) is 0 Å². The number of ketones is 1. The maximum atomic E-state index is 12.9. The van der Waals surface area contributed by atoms with Gasteiger partial charge in [0.2, 0.25) is 5.91 Å². The molecule has 1 aliphatic rings. The highest BCUT2D eigenvalue weighted by Gasteiger charge is 2.34. The molecule has 1 N–H and O–H groups in total. The van der Waals surface area contributed by atoms with Crippen molar-refractivity contribution >= 4 is 45.4 Å². The van der Waals surface area contributed by atoms with Gasteiger partial charge in [0.1, 0.15) is 10.8 Å². The van der Waals surface area contributed by atoms with Crippen LogP contribution in [0.5, 0.6) is 5.75 Å². The Hall–Kier alpha value is -3.11. The highest BCUT2D eigenvalue weighted by Crippen LogP contribution is 2.33. The molecular weight excluding hydrogens is 436 g/mol. The minimum absolute atomic E-state index is 0.107. The first kappa shape index (κ1) is 21.1. The molecule has 2 aromatic heterocycles. The standard InChI is InChI=1S/C21H20N4O4S2/c1-25(11-17-22-6-7-30-17)20(28)13-9-15-18(16(26)10-13)31-21(23-15)24-19(27)12-4-3-5-14(8-12)29-2/h3-8,13H,9-11H2,1-2H3,(H,23,24,27). The molecule has 1 aromatic carbocycles. The van der Waals surface area contributed by atoms with E-state index in [1.54, 1.807) is 42.4 Å². The van der Waals surface area contributed by atoms with E-state index in [-0.39, 0.29) is 24.0 Å². The molecule has 160 valence electrons. The van der Waals surface area contributed by atoms with E-state index >= 15 is 0 Å². The van der Waals surface area contributed by atoms with Crippen LogP contribution < -0.4 is 10.1 Å². The molecule has 0 saturated carbocycles. The number of rotatable bonds is 6. The summed E-state index contributed by atoms with van der Waals surface area (Å²) < 4.78 is 5.15. The monoisotopic (exact) mass is 456 g/mol. The normalized spacial score (nSPS) is 15.3. The Morgan fingerprint density at radius 1 is 1.32 bits per heavy atom. The quantitative estimate of drug-likeness (QED) is 0.611. The summed E-state index contributed by atoms with van der Waals surface area (Å²) in [6.07, 6.45) is 2.21. The molecule has 4 rings (SSSR count). The number of hydrogen-bond donors (Lipinski definition) is 1. The molecule has 10 heteroatoms. The van der Waals surface area contributed by atoms with Crippen molar-refractivity contribution in [3.05, 3.63) is 57.0 Å². The van der Waals surface area contributed by atoms with Gasteiger partial charge in [0.15, 0.2) is 10.9 Å². The van der Waals surface area contributed by atoms with Gasteiger partial charge in [0, 0.05) is 37.0 Å². The van der Waals surface area contributed by atoms with Crippen LogP contribution in [0.1, 0.15) is 37.2 Å². The number of amides is 2. The van der Waals surface area contributed by atoms with Gasteiger partial charge in [-0.05, 0) is 18.2 Å². The van der Waals surface area contributed by atoms with Gasteiger partial charge in [-0.15, -0.1) is 11.3 Å². The third kappa shape index (κ3) is 4.64. The Bertz CT molecular complexity index is 1130. The van der Waals surface area contributed by atoms with E-state index in [4.69, 9.17) is 4.74 Å². The lowest BCUT2D eigenvalue weighted by molar-refractivity contribution is -0.134. The maximum absolute atomic E-state index is 12.9. The lowest BCUT2D eigenvalue weighted by atomic mass is 9.89. The molecule has 0 bridgehead atoms. The van der Waals surface area contributed by atoms with Crippen LogP contribution >= 0.6 is 22.7 Å². The second-order valence-electron chi connectivity index (χ2n) is 7.13. The molecular formula is C21H20N4O4S2. The Labute approximate surface area is 186 Å². The van der Waals surface area contributed by atoms with Gasteiger partial charge >= 0.3 is 0 Å². The molecule has 0 radical (unpaired) electrons. The first-order valence-electron chi connectivity index (χ1n) is 9.56. The van der Waals surface area contributed by atoms with Crippen molar-refractivity contribution in [1.82, 2.24) is 14.9 Å². The van der Waals surface area contributed by atoms with E-state index in [2.05, 4.69) is 15.3 Å². The molecule has 1 atom stereocenters. The highest BCUT2D eigenvalue weighted by atomic mass is 32.1. The number of hydrogen-bond acceptors (Lipinski definition) is 8. The number of carbonyl (C=O) groups excluding carboxylic acids is 3. The summed E-state index contributed by atoms with van der Waals surface area (Å²) in [7, 11) is 3.24. The van der Waals surface area contributed by atoms with E-state index in [9.17, 15) is 14.4 Å². The fraction of sp³-hybridized carbons (Fsp3) is 0.286. The van der Waals surface area contributed by atoms with Crippen LogP contribution in [0.3, 0.4) is 0 Å². The van der Waals surface area contributed by atoms with Crippen LogP contribution in [0, 0.1) is 5.92 Å². The number of aromatic nitrogens is 2. The number of Topliss-reactive ketones (excluding diaryl/α,β-unsaturated/α-hetero) is 1. The predicted octanol–water partition coefficient (Wildman–Crippen LogP) is 3.26. The molecule has 0 fully saturated rings. The Kier molecular flexibility index (Phi) is 6.10. The summed E-state index contributed by atoms with van der Waals surface area (Å²) in [5.41, 5.74) is 0.985. The minimum Gasteiger partial charge on any atom is -0.497 e. The van der Waals surface area contributed by atoms with E-state index in [0.717, 1.165) is 16.3 Å². The second kappa shape index (κ2) is 8.94. The van der Waals surface area contributed by atoms with Crippen molar-refractivity contribution in [2.75, 3.05) is 19.5 Å².